The maximum atomic E-state index is 12.9. The highest BCUT2D eigenvalue weighted by atomic mass is 32.2. The topological polar surface area (TPSA) is 82.3 Å². The summed E-state index contributed by atoms with van der Waals surface area (Å²) in [6.45, 7) is 8.38. The van der Waals surface area contributed by atoms with E-state index in [0.29, 0.717) is 30.0 Å². The summed E-state index contributed by atoms with van der Waals surface area (Å²) in [4.78, 5) is 15.9. The average Bonchev–Trinajstić information content (AvgIpc) is 3.19. The Balaban J connectivity index is 1.93. The largest absolute Gasteiger partial charge is 0.353 e. The van der Waals surface area contributed by atoms with Crippen molar-refractivity contribution in [1.82, 2.24) is 9.29 Å². The van der Waals surface area contributed by atoms with Crippen LogP contribution in [0.4, 0.5) is 5.69 Å². The highest BCUT2D eigenvalue weighted by molar-refractivity contribution is 7.89. The van der Waals surface area contributed by atoms with Gasteiger partial charge >= 0.3 is 0 Å². The minimum atomic E-state index is -3.58. The van der Waals surface area contributed by atoms with E-state index in [9.17, 15) is 13.2 Å². The molecule has 1 aliphatic heterocycles. The molecule has 0 spiro atoms. The quantitative estimate of drug-likeness (QED) is 0.860. The zero-order chi connectivity index (χ0) is 19.1. The van der Waals surface area contributed by atoms with Crippen molar-refractivity contribution < 1.29 is 13.2 Å². The van der Waals surface area contributed by atoms with Crippen LogP contribution >= 0.6 is 0 Å². The van der Waals surface area contributed by atoms with Gasteiger partial charge in [-0.1, -0.05) is 17.7 Å². The van der Waals surface area contributed by atoms with Gasteiger partial charge in [0.05, 0.1) is 0 Å². The zero-order valence-electron chi connectivity index (χ0n) is 15.6. The zero-order valence-corrected chi connectivity index (χ0v) is 16.5. The number of nitrogens with one attached hydrogen (secondary N) is 2. The van der Waals surface area contributed by atoms with Gasteiger partial charge in [-0.25, -0.2) is 8.42 Å². The van der Waals surface area contributed by atoms with Crippen LogP contribution in [0, 0.1) is 27.7 Å². The van der Waals surface area contributed by atoms with E-state index in [1.165, 1.54) is 4.31 Å². The lowest BCUT2D eigenvalue weighted by atomic mass is 10.1. The van der Waals surface area contributed by atoms with Crippen LogP contribution in [-0.2, 0) is 10.0 Å². The van der Waals surface area contributed by atoms with Gasteiger partial charge in [0.1, 0.15) is 10.6 Å². The Labute approximate surface area is 154 Å². The number of carbonyl (C=O) groups excluding carboxylic acids is 1. The molecule has 2 heterocycles. The van der Waals surface area contributed by atoms with E-state index in [2.05, 4.69) is 10.3 Å². The molecule has 2 N–H and O–H groups in total. The van der Waals surface area contributed by atoms with E-state index in [-0.39, 0.29) is 10.8 Å². The van der Waals surface area contributed by atoms with Crippen LogP contribution < -0.4 is 5.32 Å². The summed E-state index contributed by atoms with van der Waals surface area (Å²) < 4.78 is 27.4. The van der Waals surface area contributed by atoms with Crippen LogP contribution in [0.1, 0.15) is 45.7 Å². The SMILES string of the molecule is Cc1ccc(NC(=O)c2[nH]c(C)c(S(=O)(=O)N3CCCC3)c2C)c(C)c1. The summed E-state index contributed by atoms with van der Waals surface area (Å²) in [5.41, 5.74) is 4.06. The Hall–Kier alpha value is -2.12. The lowest BCUT2D eigenvalue weighted by Gasteiger charge is -2.16. The van der Waals surface area contributed by atoms with Crippen molar-refractivity contribution in [2.75, 3.05) is 18.4 Å². The number of amides is 1. The molecule has 1 amide bonds. The van der Waals surface area contributed by atoms with Crippen LogP contribution in [0.15, 0.2) is 23.1 Å². The van der Waals surface area contributed by atoms with Gasteiger partial charge in [0, 0.05) is 24.5 Å². The van der Waals surface area contributed by atoms with Crippen molar-refractivity contribution >= 4 is 21.6 Å². The molecular weight excluding hydrogens is 350 g/mol. The summed E-state index contributed by atoms with van der Waals surface area (Å²) in [5.74, 6) is -0.333. The molecule has 1 saturated heterocycles. The van der Waals surface area contributed by atoms with E-state index in [0.717, 1.165) is 29.7 Å². The molecule has 2 aromatic rings. The van der Waals surface area contributed by atoms with Crippen LogP contribution in [0.2, 0.25) is 0 Å². The number of aromatic amines is 1. The molecule has 0 atom stereocenters. The molecule has 3 rings (SSSR count). The fourth-order valence-corrected chi connectivity index (χ4v) is 5.47. The van der Waals surface area contributed by atoms with Gasteiger partial charge in [-0.05, 0) is 57.7 Å². The number of carbonyl (C=O) groups is 1. The minimum absolute atomic E-state index is 0.227. The second kappa shape index (κ2) is 6.89. The van der Waals surface area contributed by atoms with Crippen molar-refractivity contribution in [3.8, 4) is 0 Å². The van der Waals surface area contributed by atoms with Crippen molar-refractivity contribution in [2.24, 2.45) is 0 Å². The monoisotopic (exact) mass is 375 g/mol. The first-order chi connectivity index (χ1) is 12.2. The lowest BCUT2D eigenvalue weighted by molar-refractivity contribution is 0.102. The molecule has 1 aliphatic rings. The second-order valence-corrected chi connectivity index (χ2v) is 8.84. The van der Waals surface area contributed by atoms with Crippen LogP contribution in [-0.4, -0.2) is 36.7 Å². The fourth-order valence-electron chi connectivity index (χ4n) is 3.54. The number of sulfonamides is 1. The van der Waals surface area contributed by atoms with Gasteiger partial charge in [0.25, 0.3) is 5.91 Å². The molecule has 26 heavy (non-hydrogen) atoms. The first kappa shape index (κ1) is 18.7. The van der Waals surface area contributed by atoms with Gasteiger partial charge < -0.3 is 10.3 Å². The Morgan fingerprint density at radius 2 is 1.77 bits per heavy atom. The van der Waals surface area contributed by atoms with E-state index >= 15 is 0 Å². The smallest absolute Gasteiger partial charge is 0.272 e. The number of anilines is 1. The Kier molecular flexibility index (Phi) is 4.94. The highest BCUT2D eigenvalue weighted by Crippen LogP contribution is 2.29. The fraction of sp³-hybridized carbons (Fsp3) is 0.421. The molecule has 0 unspecified atom stereocenters. The predicted molar refractivity (Wildman–Crippen MR) is 102 cm³/mol. The summed E-state index contributed by atoms with van der Waals surface area (Å²) >= 11 is 0. The van der Waals surface area contributed by atoms with Gasteiger partial charge in [-0.2, -0.15) is 4.31 Å². The van der Waals surface area contributed by atoms with Crippen LogP contribution in [0.3, 0.4) is 0 Å². The summed E-state index contributed by atoms with van der Waals surface area (Å²) in [7, 11) is -3.58. The number of nitrogens with zero attached hydrogens (tertiary/aromatic N) is 1. The third-order valence-corrected chi connectivity index (χ3v) is 7.06. The molecular formula is C19H25N3O3S. The number of H-pyrrole nitrogens is 1. The first-order valence-electron chi connectivity index (χ1n) is 8.79. The molecule has 0 bridgehead atoms. The molecule has 1 fully saturated rings. The van der Waals surface area contributed by atoms with Crippen LogP contribution in [0.25, 0.3) is 0 Å². The summed E-state index contributed by atoms with van der Waals surface area (Å²) in [6.07, 6.45) is 1.75. The van der Waals surface area contributed by atoms with Gasteiger partial charge in [-0.3, -0.25) is 4.79 Å². The third-order valence-electron chi connectivity index (χ3n) is 4.89. The number of benzene rings is 1. The number of hydrogen-bond donors (Lipinski definition) is 2. The Morgan fingerprint density at radius 3 is 2.38 bits per heavy atom. The first-order valence-corrected chi connectivity index (χ1v) is 10.2. The lowest BCUT2D eigenvalue weighted by Crippen LogP contribution is -2.28. The second-order valence-electron chi connectivity index (χ2n) is 6.96. The predicted octanol–water partition coefficient (Wildman–Crippen LogP) is 3.29. The van der Waals surface area contributed by atoms with E-state index in [1.807, 2.05) is 32.0 Å². The van der Waals surface area contributed by atoms with Gasteiger partial charge in [0.15, 0.2) is 0 Å². The molecule has 0 radical (unpaired) electrons. The van der Waals surface area contributed by atoms with Gasteiger partial charge in [-0.15, -0.1) is 0 Å². The molecule has 0 saturated carbocycles. The maximum absolute atomic E-state index is 12.9. The van der Waals surface area contributed by atoms with Gasteiger partial charge in [0.2, 0.25) is 10.0 Å². The average molecular weight is 375 g/mol. The van der Waals surface area contributed by atoms with E-state index in [4.69, 9.17) is 0 Å². The van der Waals surface area contributed by atoms with Crippen molar-refractivity contribution in [3.63, 3.8) is 0 Å². The van der Waals surface area contributed by atoms with Crippen molar-refractivity contribution in [1.29, 1.82) is 0 Å². The summed E-state index contributed by atoms with van der Waals surface area (Å²) in [6, 6.07) is 5.78. The molecule has 1 aromatic heterocycles. The maximum Gasteiger partial charge on any atom is 0.272 e. The third kappa shape index (κ3) is 3.29. The number of hydrogen-bond acceptors (Lipinski definition) is 3. The van der Waals surface area contributed by atoms with Crippen molar-refractivity contribution in [3.05, 3.63) is 46.3 Å². The normalized spacial score (nSPS) is 15.4. The minimum Gasteiger partial charge on any atom is -0.353 e. The molecule has 7 heteroatoms. The number of aryl methyl sites for hydroxylation is 3. The molecule has 0 aliphatic carbocycles. The van der Waals surface area contributed by atoms with Crippen molar-refractivity contribution in [2.45, 2.75) is 45.4 Å². The Morgan fingerprint density at radius 1 is 1.12 bits per heavy atom. The number of rotatable bonds is 4. The van der Waals surface area contributed by atoms with E-state index < -0.39 is 10.0 Å². The highest BCUT2D eigenvalue weighted by Gasteiger charge is 2.33. The molecule has 1 aromatic carbocycles. The standard InChI is InChI=1S/C19H25N3O3S/c1-12-7-8-16(13(2)11-12)21-19(23)17-14(3)18(15(4)20-17)26(24,25)22-9-5-6-10-22/h7-8,11,20H,5-6,9-10H2,1-4H3,(H,21,23). The molecule has 6 nitrogen and oxygen atoms in total. The van der Waals surface area contributed by atoms with E-state index in [1.54, 1.807) is 13.8 Å². The molecule has 140 valence electrons. The summed E-state index contributed by atoms with van der Waals surface area (Å²) in [5, 5.41) is 2.88. The number of aromatic nitrogens is 1. The van der Waals surface area contributed by atoms with Crippen LogP contribution in [0.5, 0.6) is 0 Å². The Bertz CT molecular complexity index is 955.